The van der Waals surface area contributed by atoms with Crippen LogP contribution in [0.3, 0.4) is 0 Å². The summed E-state index contributed by atoms with van der Waals surface area (Å²) in [7, 11) is 0. The second kappa shape index (κ2) is 8.06. The summed E-state index contributed by atoms with van der Waals surface area (Å²) in [5, 5.41) is 15.9. The van der Waals surface area contributed by atoms with Gasteiger partial charge in [0.05, 0.1) is 23.2 Å². The average Bonchev–Trinajstić information content (AvgIpc) is 2.96. The molecule has 0 aliphatic heterocycles. The fourth-order valence-electron chi connectivity index (χ4n) is 2.09. The van der Waals surface area contributed by atoms with Gasteiger partial charge in [-0.05, 0) is 12.0 Å². The number of amides is 1. The van der Waals surface area contributed by atoms with Crippen LogP contribution in [0.15, 0.2) is 35.7 Å². The number of hydrogen-bond donors (Lipinski definition) is 2. The largest absolute Gasteiger partial charge is 0.388 e. The van der Waals surface area contributed by atoms with Crippen LogP contribution >= 0.6 is 11.3 Å². The Morgan fingerprint density at radius 2 is 2.05 bits per heavy atom. The van der Waals surface area contributed by atoms with Crippen molar-refractivity contribution < 1.29 is 9.90 Å². The molecule has 0 spiro atoms. The van der Waals surface area contributed by atoms with Crippen LogP contribution < -0.4 is 5.32 Å². The first-order valence-electron chi connectivity index (χ1n) is 7.50. The van der Waals surface area contributed by atoms with Crippen molar-refractivity contribution in [3.05, 3.63) is 52.0 Å². The van der Waals surface area contributed by atoms with Crippen LogP contribution in [0.4, 0.5) is 0 Å². The second-order valence-electron chi connectivity index (χ2n) is 5.57. The molecule has 5 heteroatoms. The van der Waals surface area contributed by atoms with Crippen LogP contribution in [-0.2, 0) is 11.2 Å². The lowest BCUT2D eigenvalue weighted by Gasteiger charge is -2.11. The number of carbonyl (C=O) groups is 1. The van der Waals surface area contributed by atoms with Gasteiger partial charge in [0.15, 0.2) is 0 Å². The third kappa shape index (κ3) is 4.93. The zero-order valence-corrected chi connectivity index (χ0v) is 13.8. The molecule has 0 saturated heterocycles. The van der Waals surface area contributed by atoms with Gasteiger partial charge in [-0.2, -0.15) is 0 Å². The van der Waals surface area contributed by atoms with Gasteiger partial charge in [-0.3, -0.25) is 4.79 Å². The zero-order valence-electron chi connectivity index (χ0n) is 13.0. The molecule has 4 nitrogen and oxygen atoms in total. The van der Waals surface area contributed by atoms with Crippen LogP contribution in [0, 0.1) is 0 Å². The van der Waals surface area contributed by atoms with Crippen molar-refractivity contribution in [1.82, 2.24) is 10.3 Å². The molecule has 2 aromatic rings. The van der Waals surface area contributed by atoms with Gasteiger partial charge in [-0.1, -0.05) is 44.2 Å². The molecule has 1 aromatic carbocycles. The van der Waals surface area contributed by atoms with Gasteiger partial charge in [0.1, 0.15) is 0 Å². The van der Waals surface area contributed by atoms with E-state index in [4.69, 9.17) is 0 Å². The minimum absolute atomic E-state index is 0.0548. The lowest BCUT2D eigenvalue weighted by Crippen LogP contribution is -2.27. The van der Waals surface area contributed by atoms with E-state index >= 15 is 0 Å². The summed E-state index contributed by atoms with van der Waals surface area (Å²) in [6, 6.07) is 9.47. The van der Waals surface area contributed by atoms with Crippen molar-refractivity contribution in [2.45, 2.75) is 38.7 Å². The number of aromatic nitrogens is 1. The van der Waals surface area contributed by atoms with E-state index in [-0.39, 0.29) is 5.91 Å². The highest BCUT2D eigenvalue weighted by Crippen LogP contribution is 2.19. The molecule has 22 heavy (non-hydrogen) atoms. The first-order chi connectivity index (χ1) is 10.6. The van der Waals surface area contributed by atoms with Gasteiger partial charge in [0, 0.05) is 17.8 Å². The van der Waals surface area contributed by atoms with E-state index in [1.807, 2.05) is 35.7 Å². The first kappa shape index (κ1) is 16.6. The van der Waals surface area contributed by atoms with Crippen molar-refractivity contribution >= 4 is 17.2 Å². The predicted molar refractivity (Wildman–Crippen MR) is 88.9 cm³/mol. The Bertz CT molecular complexity index is 596. The predicted octanol–water partition coefficient (Wildman–Crippen LogP) is 3.05. The molecule has 0 saturated carbocycles. The minimum Gasteiger partial charge on any atom is -0.388 e. The molecule has 2 N–H and O–H groups in total. The smallest absolute Gasteiger partial charge is 0.226 e. The molecule has 1 heterocycles. The number of nitrogens with one attached hydrogen (secondary N) is 1. The fraction of sp³-hybridized carbons (Fsp3) is 0.412. The summed E-state index contributed by atoms with van der Waals surface area (Å²) in [6.45, 7) is 4.64. The third-order valence-electron chi connectivity index (χ3n) is 3.33. The van der Waals surface area contributed by atoms with E-state index in [2.05, 4.69) is 24.1 Å². The van der Waals surface area contributed by atoms with E-state index < -0.39 is 6.10 Å². The quantitative estimate of drug-likeness (QED) is 0.825. The number of thiazole rings is 1. The number of aliphatic hydroxyl groups excluding tert-OH is 1. The summed E-state index contributed by atoms with van der Waals surface area (Å²) < 4.78 is 0. The lowest BCUT2D eigenvalue weighted by atomic mass is 10.1. The second-order valence-corrected chi connectivity index (χ2v) is 6.46. The molecule has 1 aromatic heterocycles. The molecule has 0 aliphatic rings. The lowest BCUT2D eigenvalue weighted by molar-refractivity contribution is -0.120. The summed E-state index contributed by atoms with van der Waals surface area (Å²) in [5.41, 5.74) is 1.69. The molecular formula is C17H22N2O2S. The van der Waals surface area contributed by atoms with E-state index in [1.165, 1.54) is 0 Å². The van der Waals surface area contributed by atoms with Crippen molar-refractivity contribution in [2.24, 2.45) is 0 Å². The van der Waals surface area contributed by atoms with Crippen molar-refractivity contribution in [2.75, 3.05) is 6.54 Å². The third-order valence-corrected chi connectivity index (χ3v) is 4.52. The van der Waals surface area contributed by atoms with Gasteiger partial charge in [0.25, 0.3) is 0 Å². The highest BCUT2D eigenvalue weighted by Gasteiger charge is 2.11. The number of aliphatic hydroxyl groups is 1. The molecular weight excluding hydrogens is 296 g/mol. The van der Waals surface area contributed by atoms with Crippen LogP contribution in [0.25, 0.3) is 0 Å². The molecule has 0 fully saturated rings. The standard InChI is InChI=1S/C17H22N2O2S/c1-12(2)17-19-14(11-22-17)10-16(21)18-9-8-15(20)13-6-4-3-5-7-13/h3-7,11-12,15,20H,8-10H2,1-2H3,(H,18,21). The number of carbonyl (C=O) groups excluding carboxylic acids is 1. The fourth-order valence-corrected chi connectivity index (χ4v) is 2.92. The monoisotopic (exact) mass is 318 g/mol. The number of nitrogens with zero attached hydrogens (tertiary/aromatic N) is 1. The van der Waals surface area contributed by atoms with E-state index in [0.717, 1.165) is 16.3 Å². The summed E-state index contributed by atoms with van der Waals surface area (Å²) in [6.07, 6.45) is 0.252. The van der Waals surface area contributed by atoms with Crippen LogP contribution in [-0.4, -0.2) is 22.5 Å². The summed E-state index contributed by atoms with van der Waals surface area (Å²) in [5.74, 6) is 0.337. The van der Waals surface area contributed by atoms with Crippen LogP contribution in [0.5, 0.6) is 0 Å². The highest BCUT2D eigenvalue weighted by molar-refractivity contribution is 7.09. The summed E-state index contributed by atoms with van der Waals surface area (Å²) in [4.78, 5) is 16.3. The Hall–Kier alpha value is -1.72. The van der Waals surface area contributed by atoms with E-state index in [0.29, 0.717) is 25.3 Å². The van der Waals surface area contributed by atoms with E-state index in [1.54, 1.807) is 11.3 Å². The van der Waals surface area contributed by atoms with E-state index in [9.17, 15) is 9.90 Å². The molecule has 118 valence electrons. The van der Waals surface area contributed by atoms with Crippen molar-refractivity contribution in [3.8, 4) is 0 Å². The maximum atomic E-state index is 11.9. The molecule has 1 unspecified atom stereocenters. The normalized spacial score (nSPS) is 12.4. The molecule has 0 radical (unpaired) electrons. The molecule has 1 atom stereocenters. The Kier molecular flexibility index (Phi) is 6.10. The molecule has 2 rings (SSSR count). The number of hydrogen-bond acceptors (Lipinski definition) is 4. The number of benzene rings is 1. The van der Waals surface area contributed by atoms with Crippen molar-refractivity contribution in [1.29, 1.82) is 0 Å². The van der Waals surface area contributed by atoms with Gasteiger partial charge in [-0.25, -0.2) is 4.98 Å². The zero-order chi connectivity index (χ0) is 15.9. The van der Waals surface area contributed by atoms with Gasteiger partial charge in [-0.15, -0.1) is 11.3 Å². The van der Waals surface area contributed by atoms with Gasteiger partial charge in [0.2, 0.25) is 5.91 Å². The minimum atomic E-state index is -0.548. The van der Waals surface area contributed by atoms with Crippen LogP contribution in [0.2, 0.25) is 0 Å². The molecule has 0 bridgehead atoms. The topological polar surface area (TPSA) is 62.2 Å². The van der Waals surface area contributed by atoms with Crippen molar-refractivity contribution in [3.63, 3.8) is 0 Å². The molecule has 0 aliphatic carbocycles. The maximum Gasteiger partial charge on any atom is 0.226 e. The summed E-state index contributed by atoms with van der Waals surface area (Å²) >= 11 is 1.59. The Labute approximate surface area is 135 Å². The SMILES string of the molecule is CC(C)c1nc(CC(=O)NCCC(O)c2ccccc2)cs1. The van der Waals surface area contributed by atoms with Gasteiger partial charge < -0.3 is 10.4 Å². The van der Waals surface area contributed by atoms with Crippen LogP contribution in [0.1, 0.15) is 48.6 Å². The highest BCUT2D eigenvalue weighted by atomic mass is 32.1. The first-order valence-corrected chi connectivity index (χ1v) is 8.38. The Morgan fingerprint density at radius 3 is 2.68 bits per heavy atom. The maximum absolute atomic E-state index is 11.9. The Morgan fingerprint density at radius 1 is 1.32 bits per heavy atom. The number of rotatable bonds is 7. The Balaban J connectivity index is 1.73. The average molecular weight is 318 g/mol. The molecule has 1 amide bonds. The van der Waals surface area contributed by atoms with Gasteiger partial charge >= 0.3 is 0 Å².